The first kappa shape index (κ1) is 21.1. The summed E-state index contributed by atoms with van der Waals surface area (Å²) in [6.45, 7) is 6.03. The van der Waals surface area contributed by atoms with E-state index in [-0.39, 0.29) is 17.5 Å². The van der Waals surface area contributed by atoms with E-state index in [9.17, 15) is 22.8 Å². The van der Waals surface area contributed by atoms with Gasteiger partial charge in [0, 0.05) is 17.6 Å². The smallest absolute Gasteiger partial charge is 0.406 e. The van der Waals surface area contributed by atoms with Crippen molar-refractivity contribution in [1.82, 2.24) is 4.98 Å². The van der Waals surface area contributed by atoms with Crippen LogP contribution in [0, 0.1) is 11.8 Å². The van der Waals surface area contributed by atoms with E-state index in [2.05, 4.69) is 23.6 Å². The van der Waals surface area contributed by atoms with E-state index in [1.807, 2.05) is 13.0 Å². The minimum atomic E-state index is -4.82. The number of amides is 3. The highest BCUT2D eigenvalue weighted by molar-refractivity contribution is 6.31. The highest BCUT2D eigenvalue weighted by atomic mass is 19.4. The lowest BCUT2D eigenvalue weighted by molar-refractivity contribution is -0.274. The fourth-order valence-corrected chi connectivity index (χ4v) is 4.16. The van der Waals surface area contributed by atoms with Crippen molar-refractivity contribution in [2.24, 2.45) is 11.8 Å². The van der Waals surface area contributed by atoms with E-state index >= 15 is 0 Å². The molecule has 2 fully saturated rings. The summed E-state index contributed by atoms with van der Waals surface area (Å²) < 4.78 is 41.1. The normalized spacial score (nSPS) is 23.3. The van der Waals surface area contributed by atoms with Gasteiger partial charge in [0.1, 0.15) is 11.3 Å². The maximum Gasteiger partial charge on any atom is 0.573 e. The Morgan fingerprint density at radius 3 is 2.35 bits per heavy atom. The number of pyridine rings is 1. The molecular formula is C22H22F3N3O3. The third-order valence-corrected chi connectivity index (χ3v) is 5.63. The van der Waals surface area contributed by atoms with Gasteiger partial charge in [-0.25, -0.2) is 9.69 Å². The molecule has 2 aromatic rings. The third-order valence-electron chi connectivity index (χ3n) is 5.63. The average Bonchev–Trinajstić information content (AvgIpc) is 3.27. The molecule has 1 spiro atoms. The van der Waals surface area contributed by atoms with Crippen molar-refractivity contribution in [2.75, 3.05) is 9.80 Å². The number of halogens is 3. The van der Waals surface area contributed by atoms with Gasteiger partial charge in [-0.2, -0.15) is 0 Å². The van der Waals surface area contributed by atoms with Crippen LogP contribution < -0.4 is 14.5 Å². The zero-order chi connectivity index (χ0) is 22.6. The fourth-order valence-electron chi connectivity index (χ4n) is 4.16. The molecule has 4 rings (SSSR count). The quantitative estimate of drug-likeness (QED) is 0.628. The lowest BCUT2D eigenvalue weighted by atomic mass is 10.1. The number of carbonyl (C=O) groups excluding carboxylic acids is 2. The Bertz CT molecular complexity index is 1020. The summed E-state index contributed by atoms with van der Waals surface area (Å²) in [5.41, 5.74) is 0.632. The van der Waals surface area contributed by atoms with Crippen molar-refractivity contribution in [3.8, 4) is 5.75 Å². The van der Waals surface area contributed by atoms with Gasteiger partial charge in [0.25, 0.3) is 5.91 Å². The van der Waals surface area contributed by atoms with Gasteiger partial charge in [-0.15, -0.1) is 13.2 Å². The largest absolute Gasteiger partial charge is 0.573 e. The summed E-state index contributed by atoms with van der Waals surface area (Å²) in [6.07, 6.45) is -1.94. The van der Waals surface area contributed by atoms with E-state index < -0.39 is 23.7 Å². The van der Waals surface area contributed by atoms with Crippen LogP contribution in [0.5, 0.6) is 5.75 Å². The summed E-state index contributed by atoms with van der Waals surface area (Å²) >= 11 is 0. The number of benzene rings is 1. The molecule has 2 heterocycles. The minimum Gasteiger partial charge on any atom is -0.406 e. The molecule has 2 aliphatic rings. The Balaban J connectivity index is 1.67. The van der Waals surface area contributed by atoms with Crippen LogP contribution >= 0.6 is 0 Å². The minimum absolute atomic E-state index is 0.0384. The van der Waals surface area contributed by atoms with Crippen LogP contribution in [0.25, 0.3) is 0 Å². The van der Waals surface area contributed by atoms with Crippen LogP contribution in [-0.4, -0.2) is 28.8 Å². The van der Waals surface area contributed by atoms with Crippen LogP contribution in [0.4, 0.5) is 29.3 Å². The SMILES string of the molecule is CC(C)Cc1cc(N2C(=O)N(c3ccc(OC(F)(F)F)cc3)C(=O)C23CC3C)ccn1. The number of imide groups is 1. The van der Waals surface area contributed by atoms with E-state index in [0.717, 1.165) is 29.1 Å². The molecule has 9 heteroatoms. The van der Waals surface area contributed by atoms with Crippen LogP contribution in [0.3, 0.4) is 0 Å². The van der Waals surface area contributed by atoms with E-state index in [4.69, 9.17) is 0 Å². The molecule has 2 atom stereocenters. The van der Waals surface area contributed by atoms with Gasteiger partial charge in [0.2, 0.25) is 0 Å². The summed E-state index contributed by atoms with van der Waals surface area (Å²) in [5, 5.41) is 0. The van der Waals surface area contributed by atoms with Gasteiger partial charge in [0.15, 0.2) is 0 Å². The van der Waals surface area contributed by atoms with E-state index in [1.54, 1.807) is 12.3 Å². The first-order valence-electron chi connectivity index (χ1n) is 10.0. The number of nitrogens with zero attached hydrogens (tertiary/aromatic N) is 3. The maximum atomic E-state index is 13.4. The van der Waals surface area contributed by atoms with Crippen LogP contribution in [0.1, 0.15) is 32.9 Å². The molecule has 31 heavy (non-hydrogen) atoms. The standard InChI is InChI=1S/C22H22F3N3O3/c1-13(2)10-15-11-17(8-9-26-15)28-20(30)27(19(29)21(28)12-14(21)3)16-4-6-18(7-5-16)31-22(23,24)25/h4-9,11,13-14H,10,12H2,1-3H3. The van der Waals surface area contributed by atoms with E-state index in [0.29, 0.717) is 18.0 Å². The molecule has 3 amide bonds. The lowest BCUT2D eigenvalue weighted by Crippen LogP contribution is -2.39. The maximum absolute atomic E-state index is 13.4. The Kier molecular flexibility index (Phi) is 4.94. The second-order valence-electron chi connectivity index (χ2n) is 8.43. The molecule has 1 aliphatic carbocycles. The molecule has 1 aliphatic heterocycles. The van der Waals surface area contributed by atoms with Gasteiger partial charge in [-0.05, 0) is 61.1 Å². The van der Waals surface area contributed by atoms with Crippen molar-refractivity contribution in [3.63, 3.8) is 0 Å². The Morgan fingerprint density at radius 1 is 1.16 bits per heavy atom. The Labute approximate surface area is 177 Å². The van der Waals surface area contributed by atoms with Gasteiger partial charge in [0.05, 0.1) is 5.69 Å². The van der Waals surface area contributed by atoms with Crippen molar-refractivity contribution >= 4 is 23.3 Å². The Morgan fingerprint density at radius 2 is 1.81 bits per heavy atom. The molecule has 1 aromatic carbocycles. The highest BCUT2D eigenvalue weighted by Crippen LogP contribution is 2.55. The van der Waals surface area contributed by atoms with Gasteiger partial charge < -0.3 is 4.74 Å². The topological polar surface area (TPSA) is 62.7 Å². The molecule has 164 valence electrons. The van der Waals surface area contributed by atoms with Crippen molar-refractivity contribution in [1.29, 1.82) is 0 Å². The predicted octanol–water partition coefficient (Wildman–Crippen LogP) is 4.93. The zero-order valence-corrected chi connectivity index (χ0v) is 17.3. The predicted molar refractivity (Wildman–Crippen MR) is 108 cm³/mol. The number of hydrogen-bond acceptors (Lipinski definition) is 4. The molecule has 2 unspecified atom stereocenters. The molecule has 0 bridgehead atoms. The number of alkyl halides is 3. The van der Waals surface area contributed by atoms with E-state index in [1.165, 1.54) is 17.0 Å². The summed E-state index contributed by atoms with van der Waals surface area (Å²) in [6, 6.07) is 7.72. The summed E-state index contributed by atoms with van der Waals surface area (Å²) in [4.78, 5) is 33.6. The molecule has 0 N–H and O–H groups in total. The summed E-state index contributed by atoms with van der Waals surface area (Å²) in [7, 11) is 0. The van der Waals surface area contributed by atoms with Crippen molar-refractivity contribution in [2.45, 2.75) is 45.5 Å². The molecular weight excluding hydrogens is 411 g/mol. The zero-order valence-electron chi connectivity index (χ0n) is 17.3. The van der Waals surface area contributed by atoms with Crippen molar-refractivity contribution < 1.29 is 27.5 Å². The number of rotatable bonds is 5. The second kappa shape index (κ2) is 7.25. The number of hydrogen-bond donors (Lipinski definition) is 0. The fraction of sp³-hybridized carbons (Fsp3) is 0.409. The molecule has 6 nitrogen and oxygen atoms in total. The van der Waals surface area contributed by atoms with Crippen molar-refractivity contribution in [3.05, 3.63) is 48.3 Å². The lowest BCUT2D eigenvalue weighted by Gasteiger charge is -2.23. The first-order chi connectivity index (χ1) is 14.5. The summed E-state index contributed by atoms with van der Waals surface area (Å²) in [5.74, 6) is -0.462. The van der Waals surface area contributed by atoms with Crippen LogP contribution in [0.15, 0.2) is 42.6 Å². The number of urea groups is 1. The Hall–Kier alpha value is -3.10. The highest BCUT2D eigenvalue weighted by Gasteiger charge is 2.70. The third kappa shape index (κ3) is 3.73. The van der Waals surface area contributed by atoms with Gasteiger partial charge in [-0.1, -0.05) is 20.8 Å². The molecule has 0 radical (unpaired) electrons. The van der Waals surface area contributed by atoms with Gasteiger partial charge in [-0.3, -0.25) is 14.7 Å². The number of ether oxygens (including phenoxy) is 1. The number of carbonyl (C=O) groups is 2. The average molecular weight is 433 g/mol. The molecule has 1 aromatic heterocycles. The van der Waals surface area contributed by atoms with Gasteiger partial charge >= 0.3 is 12.4 Å². The first-order valence-corrected chi connectivity index (χ1v) is 10.0. The monoisotopic (exact) mass is 433 g/mol. The van der Waals surface area contributed by atoms with Crippen LogP contribution in [-0.2, 0) is 11.2 Å². The molecule has 1 saturated carbocycles. The number of aromatic nitrogens is 1. The number of anilines is 2. The molecule has 1 saturated heterocycles. The second-order valence-corrected chi connectivity index (χ2v) is 8.43. The van der Waals surface area contributed by atoms with Crippen LogP contribution in [0.2, 0.25) is 0 Å².